The molecule has 2 N–H and O–H groups in total. The Morgan fingerprint density at radius 1 is 1.07 bits per heavy atom. The lowest BCUT2D eigenvalue weighted by atomic mass is 10.0. The molecule has 0 saturated carbocycles. The highest BCUT2D eigenvalue weighted by Crippen LogP contribution is 2.18. The van der Waals surface area contributed by atoms with Gasteiger partial charge < -0.3 is 10.2 Å². The molecule has 0 saturated heterocycles. The summed E-state index contributed by atoms with van der Waals surface area (Å²) in [4.78, 5) is 0. The molecule has 0 rings (SSSR count). The summed E-state index contributed by atoms with van der Waals surface area (Å²) >= 11 is 0. The van der Waals surface area contributed by atoms with Gasteiger partial charge >= 0.3 is 0 Å². The highest BCUT2D eigenvalue weighted by molar-refractivity contribution is 6.81. The molecular weight excluding hydrogens is 192 g/mol. The normalized spacial score (nSPS) is 18.1. The van der Waals surface area contributed by atoms with Crippen LogP contribution in [0.5, 0.6) is 0 Å². The first-order valence-corrected chi connectivity index (χ1v) is 8.98. The summed E-state index contributed by atoms with van der Waals surface area (Å²) in [5.41, 5.74) is 2.95. The van der Waals surface area contributed by atoms with Gasteiger partial charge in [-0.3, -0.25) is 0 Å². The molecule has 2 nitrogen and oxygen atoms in total. The number of hydrogen-bond donors (Lipinski definition) is 2. The first-order chi connectivity index (χ1) is 6.31. The topological polar surface area (TPSA) is 40.5 Å². The third kappa shape index (κ3) is 4.93. The fourth-order valence-electron chi connectivity index (χ4n) is 1.39. The second kappa shape index (κ2) is 5.68. The minimum absolute atomic E-state index is 0.475. The first-order valence-electron chi connectivity index (χ1n) is 5.40. The number of aliphatic hydroxyl groups excluding tert-OH is 2. The summed E-state index contributed by atoms with van der Waals surface area (Å²) < 4.78 is 0. The van der Waals surface area contributed by atoms with Gasteiger partial charge in [-0.1, -0.05) is 39.2 Å². The van der Waals surface area contributed by atoms with Crippen molar-refractivity contribution >= 4 is 8.07 Å². The van der Waals surface area contributed by atoms with Gasteiger partial charge in [0.05, 0.1) is 20.3 Å². The Bertz CT molecular complexity index is 182. The molecule has 0 amide bonds. The number of hydrogen-bond acceptors (Lipinski definition) is 2. The highest BCUT2D eigenvalue weighted by atomic mass is 28.3. The van der Waals surface area contributed by atoms with Crippen molar-refractivity contribution in [3.63, 3.8) is 0 Å². The molecule has 14 heavy (non-hydrogen) atoms. The molecule has 0 unspecified atom stereocenters. The molecule has 0 aliphatic heterocycles. The molecule has 84 valence electrons. The van der Waals surface area contributed by atoms with E-state index in [0.717, 1.165) is 5.57 Å². The fraction of sp³-hybridized carbons (Fsp3) is 0.818. The lowest BCUT2D eigenvalue weighted by molar-refractivity contribution is 0.139. The van der Waals surface area contributed by atoms with Crippen molar-refractivity contribution in [3.8, 4) is 0 Å². The van der Waals surface area contributed by atoms with Crippen LogP contribution >= 0.6 is 0 Å². The first kappa shape index (κ1) is 13.9. The fourth-order valence-corrected chi connectivity index (χ4v) is 2.77. The molecule has 0 aromatic heterocycles. The minimum atomic E-state index is -1.36. The van der Waals surface area contributed by atoms with E-state index in [1.54, 1.807) is 0 Å². The Morgan fingerprint density at radius 3 is 1.64 bits per heavy atom. The predicted molar refractivity (Wildman–Crippen MR) is 64.0 cm³/mol. The average Bonchev–Trinajstić information content (AvgIpc) is 2.10. The van der Waals surface area contributed by atoms with Gasteiger partial charge in [0.25, 0.3) is 0 Å². The Hall–Kier alpha value is -0.123. The molecule has 0 aliphatic carbocycles. The SMILES string of the molecule is CC[C@@H](O)C(=C[Si](C)(C)C)[C@@H](O)CC. The molecule has 0 bridgehead atoms. The van der Waals surface area contributed by atoms with Crippen LogP contribution in [0.15, 0.2) is 11.3 Å². The van der Waals surface area contributed by atoms with Crippen molar-refractivity contribution in [2.75, 3.05) is 0 Å². The van der Waals surface area contributed by atoms with E-state index in [1.807, 2.05) is 13.8 Å². The van der Waals surface area contributed by atoms with Gasteiger partial charge in [-0.2, -0.15) is 0 Å². The largest absolute Gasteiger partial charge is 0.389 e. The molecule has 0 aliphatic rings. The Morgan fingerprint density at radius 2 is 1.43 bits per heavy atom. The third-order valence-electron chi connectivity index (χ3n) is 2.14. The van der Waals surface area contributed by atoms with Gasteiger partial charge in [-0.15, -0.1) is 0 Å². The van der Waals surface area contributed by atoms with Crippen LogP contribution in [0.1, 0.15) is 26.7 Å². The van der Waals surface area contributed by atoms with Gasteiger partial charge in [-0.05, 0) is 18.4 Å². The van der Waals surface area contributed by atoms with Crippen LogP contribution in [-0.4, -0.2) is 30.5 Å². The predicted octanol–water partition coefficient (Wildman–Crippen LogP) is 2.33. The lowest BCUT2D eigenvalue weighted by Crippen LogP contribution is -2.27. The molecule has 0 radical (unpaired) electrons. The van der Waals surface area contributed by atoms with Crippen LogP contribution in [0.4, 0.5) is 0 Å². The molecule has 2 atom stereocenters. The van der Waals surface area contributed by atoms with E-state index in [9.17, 15) is 10.2 Å². The molecule has 0 heterocycles. The Labute approximate surface area is 88.7 Å². The number of rotatable bonds is 5. The summed E-state index contributed by atoms with van der Waals surface area (Å²) in [6.45, 7) is 10.5. The van der Waals surface area contributed by atoms with Gasteiger partial charge in [0, 0.05) is 0 Å². The second-order valence-electron chi connectivity index (χ2n) is 4.86. The van der Waals surface area contributed by atoms with Crippen LogP contribution in [0, 0.1) is 0 Å². The number of aliphatic hydroxyl groups is 2. The van der Waals surface area contributed by atoms with Gasteiger partial charge in [0.1, 0.15) is 0 Å². The van der Waals surface area contributed by atoms with Crippen molar-refractivity contribution in [2.24, 2.45) is 0 Å². The quantitative estimate of drug-likeness (QED) is 0.693. The second-order valence-corrected chi connectivity index (χ2v) is 9.88. The monoisotopic (exact) mass is 216 g/mol. The van der Waals surface area contributed by atoms with E-state index < -0.39 is 20.3 Å². The lowest BCUT2D eigenvalue weighted by Gasteiger charge is -2.22. The van der Waals surface area contributed by atoms with Crippen LogP contribution in [0.2, 0.25) is 19.6 Å². The van der Waals surface area contributed by atoms with E-state index in [2.05, 4.69) is 25.3 Å². The zero-order valence-corrected chi connectivity index (χ0v) is 11.0. The minimum Gasteiger partial charge on any atom is -0.389 e. The van der Waals surface area contributed by atoms with E-state index in [0.29, 0.717) is 12.8 Å². The van der Waals surface area contributed by atoms with Crippen LogP contribution in [0.25, 0.3) is 0 Å². The van der Waals surface area contributed by atoms with Crippen molar-refractivity contribution in [1.82, 2.24) is 0 Å². The van der Waals surface area contributed by atoms with Crippen LogP contribution < -0.4 is 0 Å². The van der Waals surface area contributed by atoms with Crippen LogP contribution in [0.3, 0.4) is 0 Å². The third-order valence-corrected chi connectivity index (χ3v) is 3.34. The van der Waals surface area contributed by atoms with Gasteiger partial charge in [0.15, 0.2) is 0 Å². The molecular formula is C11H24O2Si. The summed E-state index contributed by atoms with van der Waals surface area (Å²) in [6, 6.07) is 0. The maximum atomic E-state index is 9.78. The van der Waals surface area contributed by atoms with Gasteiger partial charge in [-0.25, -0.2) is 0 Å². The summed E-state index contributed by atoms with van der Waals surface area (Å²) in [7, 11) is -1.36. The maximum absolute atomic E-state index is 9.78. The van der Waals surface area contributed by atoms with Crippen molar-refractivity contribution in [3.05, 3.63) is 11.3 Å². The zero-order chi connectivity index (χ0) is 11.4. The van der Waals surface area contributed by atoms with Crippen LogP contribution in [-0.2, 0) is 0 Å². The molecule has 0 fully saturated rings. The average molecular weight is 216 g/mol. The molecule has 3 heteroatoms. The van der Waals surface area contributed by atoms with E-state index in [4.69, 9.17) is 0 Å². The highest BCUT2D eigenvalue weighted by Gasteiger charge is 2.20. The smallest absolute Gasteiger partial charge is 0.0768 e. The van der Waals surface area contributed by atoms with E-state index in [1.165, 1.54) is 0 Å². The summed E-state index contributed by atoms with van der Waals surface area (Å²) in [5.74, 6) is 0. The zero-order valence-electron chi connectivity index (χ0n) is 10.0. The Kier molecular flexibility index (Phi) is 5.63. The molecule has 0 aromatic carbocycles. The van der Waals surface area contributed by atoms with Crippen molar-refractivity contribution in [1.29, 1.82) is 0 Å². The standard InChI is InChI=1S/C11H24O2Si/c1-6-10(12)9(11(13)7-2)8-14(3,4)5/h8,10-13H,6-7H2,1-5H3/t10-,11+. The van der Waals surface area contributed by atoms with E-state index in [-0.39, 0.29) is 0 Å². The molecule has 0 spiro atoms. The maximum Gasteiger partial charge on any atom is 0.0768 e. The summed E-state index contributed by atoms with van der Waals surface area (Å²) in [5, 5.41) is 19.6. The summed E-state index contributed by atoms with van der Waals surface area (Å²) in [6.07, 6.45) is 0.397. The molecule has 0 aromatic rings. The van der Waals surface area contributed by atoms with E-state index >= 15 is 0 Å². The van der Waals surface area contributed by atoms with Crippen molar-refractivity contribution in [2.45, 2.75) is 58.5 Å². The Balaban J connectivity index is 4.81. The van der Waals surface area contributed by atoms with Crippen molar-refractivity contribution < 1.29 is 10.2 Å². The van der Waals surface area contributed by atoms with Gasteiger partial charge in [0.2, 0.25) is 0 Å².